The largest absolute Gasteiger partial charge is 0.450 e. The van der Waals surface area contributed by atoms with Gasteiger partial charge in [0.05, 0.1) is 5.56 Å². The summed E-state index contributed by atoms with van der Waals surface area (Å²) in [6, 6.07) is 7.03. The Bertz CT molecular complexity index is 1080. The van der Waals surface area contributed by atoms with Gasteiger partial charge in [0.25, 0.3) is 23.4 Å². The number of amides is 2. The van der Waals surface area contributed by atoms with Crippen LogP contribution in [-0.4, -0.2) is 44.0 Å². The Balaban J connectivity index is 1.54. The van der Waals surface area contributed by atoms with E-state index in [0.29, 0.717) is 5.69 Å². The molecule has 3 rings (SSSR count). The van der Waals surface area contributed by atoms with E-state index in [2.05, 4.69) is 15.1 Å². The second-order valence-corrected chi connectivity index (χ2v) is 5.74. The van der Waals surface area contributed by atoms with Crippen LogP contribution in [0.3, 0.4) is 0 Å². The molecule has 2 N–H and O–H groups in total. The zero-order valence-corrected chi connectivity index (χ0v) is 14.9. The van der Waals surface area contributed by atoms with E-state index in [9.17, 15) is 18.8 Å². The Labute approximate surface area is 157 Å². The van der Waals surface area contributed by atoms with Gasteiger partial charge in [-0.05, 0) is 32.0 Å². The topological polar surface area (TPSA) is 128 Å². The van der Waals surface area contributed by atoms with Crippen LogP contribution in [0.5, 0.6) is 0 Å². The maximum atomic E-state index is 13.5. The van der Waals surface area contributed by atoms with E-state index in [1.165, 1.54) is 22.7 Å². The minimum Gasteiger partial charge on any atom is -0.450 e. The van der Waals surface area contributed by atoms with E-state index in [0.717, 1.165) is 11.8 Å². The van der Waals surface area contributed by atoms with Gasteiger partial charge in [0.2, 0.25) is 0 Å². The van der Waals surface area contributed by atoms with E-state index in [1.54, 1.807) is 19.9 Å². The van der Waals surface area contributed by atoms with Crippen LogP contribution in [0.25, 0.3) is 5.78 Å². The number of ether oxygens (including phenoxy) is 1. The second-order valence-electron chi connectivity index (χ2n) is 5.74. The Morgan fingerprint density at radius 1 is 1.14 bits per heavy atom. The summed E-state index contributed by atoms with van der Waals surface area (Å²) >= 11 is 0. The number of aromatic nitrogens is 4. The van der Waals surface area contributed by atoms with Crippen molar-refractivity contribution < 1.29 is 23.5 Å². The number of hydrogen-bond donors (Lipinski definition) is 2. The first kappa shape index (κ1) is 18.9. The lowest BCUT2D eigenvalue weighted by atomic mass is 10.2. The van der Waals surface area contributed by atoms with Crippen molar-refractivity contribution in [3.63, 3.8) is 0 Å². The van der Waals surface area contributed by atoms with Crippen molar-refractivity contribution in [2.45, 2.75) is 13.8 Å². The van der Waals surface area contributed by atoms with Crippen LogP contribution < -0.4 is 10.9 Å². The summed E-state index contributed by atoms with van der Waals surface area (Å²) in [7, 11) is 0. The van der Waals surface area contributed by atoms with Gasteiger partial charge in [-0.15, -0.1) is 5.10 Å². The average molecular weight is 386 g/mol. The van der Waals surface area contributed by atoms with Crippen molar-refractivity contribution in [1.82, 2.24) is 30.4 Å². The Morgan fingerprint density at radius 3 is 2.64 bits per heavy atom. The molecule has 0 aliphatic heterocycles. The molecule has 0 bridgehead atoms. The van der Waals surface area contributed by atoms with Crippen LogP contribution in [0.4, 0.5) is 4.39 Å². The SMILES string of the molecule is Cc1cc(C)n2nc(C(=O)OCC(=O)NNC(=O)c3ccccc3F)nc2n1. The van der Waals surface area contributed by atoms with E-state index in [1.807, 2.05) is 10.9 Å². The van der Waals surface area contributed by atoms with E-state index < -0.39 is 30.2 Å². The lowest BCUT2D eigenvalue weighted by Gasteiger charge is -2.07. The number of carbonyl (C=O) groups is 3. The van der Waals surface area contributed by atoms with Crippen molar-refractivity contribution in [1.29, 1.82) is 0 Å². The highest BCUT2D eigenvalue weighted by molar-refractivity contribution is 5.96. The molecular weight excluding hydrogens is 371 g/mol. The highest BCUT2D eigenvalue weighted by Gasteiger charge is 2.18. The van der Waals surface area contributed by atoms with Crippen molar-refractivity contribution in [2.75, 3.05) is 6.61 Å². The summed E-state index contributed by atoms with van der Waals surface area (Å²) in [6.45, 7) is 2.86. The fraction of sp³-hybridized carbons (Fsp3) is 0.176. The zero-order valence-electron chi connectivity index (χ0n) is 14.9. The fourth-order valence-corrected chi connectivity index (χ4v) is 2.32. The van der Waals surface area contributed by atoms with Crippen molar-refractivity contribution in [2.24, 2.45) is 0 Å². The second kappa shape index (κ2) is 7.78. The van der Waals surface area contributed by atoms with Gasteiger partial charge in [-0.3, -0.25) is 20.4 Å². The van der Waals surface area contributed by atoms with Crippen LogP contribution in [-0.2, 0) is 9.53 Å². The molecule has 0 radical (unpaired) electrons. The fourth-order valence-electron chi connectivity index (χ4n) is 2.32. The molecule has 0 aliphatic carbocycles. The molecule has 0 fully saturated rings. The molecule has 0 saturated heterocycles. The number of aryl methyl sites for hydroxylation is 2. The third kappa shape index (κ3) is 4.09. The van der Waals surface area contributed by atoms with E-state index >= 15 is 0 Å². The van der Waals surface area contributed by atoms with Crippen LogP contribution in [0.1, 0.15) is 32.4 Å². The molecular formula is C17H15FN6O4. The Hall–Kier alpha value is -3.89. The van der Waals surface area contributed by atoms with Gasteiger partial charge in [-0.25, -0.2) is 18.7 Å². The number of hydrazine groups is 1. The third-order valence-electron chi connectivity index (χ3n) is 3.57. The molecule has 2 heterocycles. The number of nitrogens with one attached hydrogen (secondary N) is 2. The number of halogens is 1. The minimum absolute atomic E-state index is 0.228. The van der Waals surface area contributed by atoms with Crippen LogP contribution in [0.15, 0.2) is 30.3 Å². The number of esters is 1. The lowest BCUT2D eigenvalue weighted by Crippen LogP contribution is -2.43. The van der Waals surface area contributed by atoms with Crippen LogP contribution in [0.2, 0.25) is 0 Å². The molecule has 28 heavy (non-hydrogen) atoms. The summed E-state index contributed by atoms with van der Waals surface area (Å²) in [5.74, 6) is -3.38. The number of benzene rings is 1. The van der Waals surface area contributed by atoms with Gasteiger partial charge in [0.1, 0.15) is 5.82 Å². The quantitative estimate of drug-likeness (QED) is 0.494. The van der Waals surface area contributed by atoms with E-state index in [4.69, 9.17) is 4.74 Å². The first-order chi connectivity index (χ1) is 13.3. The van der Waals surface area contributed by atoms with Crippen molar-refractivity contribution >= 4 is 23.6 Å². The molecule has 0 atom stereocenters. The summed E-state index contributed by atoms with van der Waals surface area (Å²) in [5.41, 5.74) is 5.23. The molecule has 11 heteroatoms. The highest BCUT2D eigenvalue weighted by Crippen LogP contribution is 2.06. The molecule has 2 amide bonds. The smallest absolute Gasteiger partial charge is 0.378 e. The molecule has 144 valence electrons. The molecule has 3 aromatic rings. The predicted molar refractivity (Wildman–Crippen MR) is 92.5 cm³/mol. The Morgan fingerprint density at radius 2 is 1.89 bits per heavy atom. The van der Waals surface area contributed by atoms with E-state index in [-0.39, 0.29) is 17.2 Å². The molecule has 10 nitrogen and oxygen atoms in total. The number of nitrogens with zero attached hydrogens (tertiary/aromatic N) is 4. The standard InChI is InChI=1S/C17H15FN6O4/c1-9-7-10(2)24-17(19-9)20-14(23-24)16(27)28-8-13(25)21-22-15(26)11-5-3-4-6-12(11)18/h3-7H,8H2,1-2H3,(H,21,25)(H,22,26). The molecule has 0 saturated carbocycles. The van der Waals surface area contributed by atoms with Crippen molar-refractivity contribution in [3.8, 4) is 0 Å². The maximum Gasteiger partial charge on any atom is 0.378 e. The average Bonchev–Trinajstić information content (AvgIpc) is 3.09. The monoisotopic (exact) mass is 386 g/mol. The molecule has 1 aromatic carbocycles. The molecule has 2 aromatic heterocycles. The number of rotatable bonds is 4. The number of fused-ring (bicyclic) bond motifs is 1. The normalized spacial score (nSPS) is 10.5. The van der Waals surface area contributed by atoms with Crippen LogP contribution >= 0.6 is 0 Å². The van der Waals surface area contributed by atoms with Gasteiger partial charge in [-0.1, -0.05) is 12.1 Å². The summed E-state index contributed by atoms with van der Waals surface area (Å²) < 4.78 is 19.7. The third-order valence-corrected chi connectivity index (χ3v) is 3.57. The summed E-state index contributed by atoms with van der Waals surface area (Å²) in [5, 5.41) is 3.98. The lowest BCUT2D eigenvalue weighted by molar-refractivity contribution is -0.125. The summed E-state index contributed by atoms with van der Waals surface area (Å²) in [4.78, 5) is 43.6. The van der Waals surface area contributed by atoms with Gasteiger partial charge >= 0.3 is 5.97 Å². The predicted octanol–water partition coefficient (Wildman–Crippen LogP) is 0.498. The maximum absolute atomic E-state index is 13.5. The molecule has 0 unspecified atom stereocenters. The first-order valence-corrected chi connectivity index (χ1v) is 8.07. The van der Waals surface area contributed by atoms with Crippen LogP contribution in [0, 0.1) is 19.7 Å². The van der Waals surface area contributed by atoms with Gasteiger partial charge in [0, 0.05) is 11.4 Å². The highest BCUT2D eigenvalue weighted by atomic mass is 19.1. The number of hydrogen-bond acceptors (Lipinski definition) is 7. The number of carbonyl (C=O) groups excluding carboxylic acids is 3. The zero-order chi connectivity index (χ0) is 20.3. The first-order valence-electron chi connectivity index (χ1n) is 8.07. The van der Waals surface area contributed by atoms with Gasteiger partial charge < -0.3 is 4.74 Å². The van der Waals surface area contributed by atoms with Gasteiger partial charge in [-0.2, -0.15) is 4.98 Å². The van der Waals surface area contributed by atoms with Gasteiger partial charge in [0.15, 0.2) is 6.61 Å². The van der Waals surface area contributed by atoms with Crippen molar-refractivity contribution in [3.05, 3.63) is 58.9 Å². The Kier molecular flexibility index (Phi) is 5.25. The molecule has 0 spiro atoms. The minimum atomic E-state index is -0.932. The summed E-state index contributed by atoms with van der Waals surface area (Å²) in [6.07, 6.45) is 0. The molecule has 0 aliphatic rings.